The SMILES string of the molecule is O=C(O)c1nn(-c2ccccc2CCO)cc(O)c1=O. The number of benzene rings is 1. The average Bonchev–Trinajstić information content (AvgIpc) is 2.42. The van der Waals surface area contributed by atoms with Crippen LogP contribution in [0.3, 0.4) is 0 Å². The number of carboxylic acids is 1. The van der Waals surface area contributed by atoms with E-state index in [1.807, 2.05) is 0 Å². The molecular weight excluding hydrogens is 264 g/mol. The second-order valence-electron chi connectivity index (χ2n) is 4.04. The summed E-state index contributed by atoms with van der Waals surface area (Å²) < 4.78 is 1.12. The number of aromatic carboxylic acids is 1. The summed E-state index contributed by atoms with van der Waals surface area (Å²) in [6.45, 7) is -0.0883. The Morgan fingerprint density at radius 2 is 2.00 bits per heavy atom. The molecular formula is C13H12N2O5. The molecule has 7 heteroatoms. The van der Waals surface area contributed by atoms with E-state index >= 15 is 0 Å². The van der Waals surface area contributed by atoms with E-state index in [1.54, 1.807) is 24.3 Å². The van der Waals surface area contributed by atoms with Gasteiger partial charge in [0.1, 0.15) is 0 Å². The van der Waals surface area contributed by atoms with E-state index in [4.69, 9.17) is 10.2 Å². The van der Waals surface area contributed by atoms with Gasteiger partial charge in [0, 0.05) is 6.61 Å². The summed E-state index contributed by atoms with van der Waals surface area (Å²) in [5.41, 5.74) is -0.599. The highest BCUT2D eigenvalue weighted by Gasteiger charge is 2.16. The first kappa shape index (κ1) is 13.8. The van der Waals surface area contributed by atoms with Gasteiger partial charge in [0.25, 0.3) is 5.43 Å². The fraction of sp³-hybridized carbons (Fsp3) is 0.154. The summed E-state index contributed by atoms with van der Waals surface area (Å²) in [5, 5.41) is 31.2. The Kier molecular flexibility index (Phi) is 3.81. The van der Waals surface area contributed by atoms with Crippen LogP contribution in [0.25, 0.3) is 5.69 Å². The van der Waals surface area contributed by atoms with Gasteiger partial charge in [-0.2, -0.15) is 5.10 Å². The first-order valence-corrected chi connectivity index (χ1v) is 5.80. The van der Waals surface area contributed by atoms with Crippen molar-refractivity contribution in [3.05, 3.63) is 51.9 Å². The van der Waals surface area contributed by atoms with Crippen LogP contribution in [0.15, 0.2) is 35.3 Å². The molecule has 2 rings (SSSR count). The Morgan fingerprint density at radius 1 is 1.30 bits per heavy atom. The fourth-order valence-electron chi connectivity index (χ4n) is 1.81. The molecule has 0 fully saturated rings. The molecule has 0 aliphatic rings. The lowest BCUT2D eigenvalue weighted by Gasteiger charge is -2.11. The van der Waals surface area contributed by atoms with Gasteiger partial charge in [0.05, 0.1) is 11.9 Å². The quantitative estimate of drug-likeness (QED) is 0.733. The van der Waals surface area contributed by atoms with E-state index in [9.17, 15) is 14.7 Å². The van der Waals surface area contributed by atoms with Gasteiger partial charge in [-0.1, -0.05) is 18.2 Å². The van der Waals surface area contributed by atoms with E-state index in [1.165, 1.54) is 0 Å². The number of carboxylic acid groups (broad SMARTS) is 1. The topological polar surface area (TPSA) is 113 Å². The Hall–Kier alpha value is -2.67. The number of aliphatic hydroxyl groups is 1. The molecule has 0 aliphatic carbocycles. The maximum atomic E-state index is 11.5. The van der Waals surface area contributed by atoms with Crippen molar-refractivity contribution in [1.82, 2.24) is 9.78 Å². The highest BCUT2D eigenvalue weighted by Crippen LogP contribution is 2.15. The molecule has 0 saturated heterocycles. The molecule has 1 aromatic heterocycles. The molecule has 104 valence electrons. The summed E-state index contributed by atoms with van der Waals surface area (Å²) in [5.74, 6) is -2.21. The number of nitrogens with zero attached hydrogens (tertiary/aromatic N) is 2. The van der Waals surface area contributed by atoms with Gasteiger partial charge in [-0.05, 0) is 18.1 Å². The molecule has 20 heavy (non-hydrogen) atoms. The summed E-state index contributed by atoms with van der Waals surface area (Å²) in [6, 6.07) is 6.85. The van der Waals surface area contributed by atoms with E-state index in [-0.39, 0.29) is 6.61 Å². The Morgan fingerprint density at radius 3 is 2.65 bits per heavy atom. The number of aliphatic hydroxyl groups excluding tert-OH is 1. The van der Waals surface area contributed by atoms with Gasteiger partial charge in [-0.3, -0.25) is 4.79 Å². The minimum absolute atomic E-state index is 0.0883. The number of aromatic nitrogens is 2. The van der Waals surface area contributed by atoms with Crippen molar-refractivity contribution in [3.63, 3.8) is 0 Å². The van der Waals surface area contributed by atoms with Crippen LogP contribution in [0.5, 0.6) is 5.75 Å². The van der Waals surface area contributed by atoms with Crippen molar-refractivity contribution in [3.8, 4) is 11.4 Å². The summed E-state index contributed by atoms with van der Waals surface area (Å²) in [7, 11) is 0. The lowest BCUT2D eigenvalue weighted by Crippen LogP contribution is -2.21. The predicted molar refractivity (Wildman–Crippen MR) is 69.2 cm³/mol. The van der Waals surface area contributed by atoms with Crippen LogP contribution < -0.4 is 5.43 Å². The number of hydrogen-bond donors (Lipinski definition) is 3. The average molecular weight is 276 g/mol. The van der Waals surface area contributed by atoms with Crippen molar-refractivity contribution >= 4 is 5.97 Å². The molecule has 3 N–H and O–H groups in total. The largest absolute Gasteiger partial charge is 0.503 e. The molecule has 1 aromatic carbocycles. The van der Waals surface area contributed by atoms with Crippen molar-refractivity contribution < 1.29 is 20.1 Å². The number of para-hydroxylation sites is 1. The highest BCUT2D eigenvalue weighted by atomic mass is 16.4. The fourth-order valence-corrected chi connectivity index (χ4v) is 1.81. The molecule has 0 aliphatic heterocycles. The smallest absolute Gasteiger partial charge is 0.360 e. The van der Waals surface area contributed by atoms with Gasteiger partial charge in [0.2, 0.25) is 5.69 Å². The summed E-state index contributed by atoms with van der Waals surface area (Å²) in [4.78, 5) is 22.4. The van der Waals surface area contributed by atoms with Gasteiger partial charge >= 0.3 is 5.97 Å². The zero-order chi connectivity index (χ0) is 14.7. The normalized spacial score (nSPS) is 10.4. The Labute approximate surface area is 113 Å². The maximum Gasteiger partial charge on any atom is 0.360 e. The second-order valence-corrected chi connectivity index (χ2v) is 4.04. The standard InChI is InChI=1S/C13H12N2O5/c16-6-5-8-3-1-2-4-9(8)15-7-10(17)12(18)11(14-15)13(19)20/h1-4,7,16-17H,5-6H2,(H,19,20). The number of carbonyl (C=O) groups is 1. The monoisotopic (exact) mass is 276 g/mol. The lowest BCUT2D eigenvalue weighted by atomic mass is 10.1. The van der Waals surface area contributed by atoms with Crippen LogP contribution in [0, 0.1) is 0 Å². The van der Waals surface area contributed by atoms with Gasteiger partial charge in [0.15, 0.2) is 5.75 Å². The molecule has 7 nitrogen and oxygen atoms in total. The van der Waals surface area contributed by atoms with Gasteiger partial charge in [-0.25, -0.2) is 9.48 Å². The minimum atomic E-state index is -1.51. The molecule has 0 saturated carbocycles. The van der Waals surface area contributed by atoms with Crippen molar-refractivity contribution in [1.29, 1.82) is 0 Å². The number of rotatable bonds is 4. The molecule has 0 spiro atoms. The molecule has 0 atom stereocenters. The zero-order valence-electron chi connectivity index (χ0n) is 10.4. The van der Waals surface area contributed by atoms with Crippen LogP contribution in [0.4, 0.5) is 0 Å². The molecule has 0 amide bonds. The van der Waals surface area contributed by atoms with Gasteiger partial charge in [-0.15, -0.1) is 0 Å². The predicted octanol–water partition coefficient (Wildman–Crippen LogP) is 0.171. The number of aromatic hydroxyl groups is 1. The van der Waals surface area contributed by atoms with Crippen molar-refractivity contribution in [2.45, 2.75) is 6.42 Å². The van der Waals surface area contributed by atoms with Crippen LogP contribution in [-0.4, -0.2) is 37.7 Å². The van der Waals surface area contributed by atoms with Crippen LogP contribution in [-0.2, 0) is 6.42 Å². The third-order valence-electron chi connectivity index (χ3n) is 2.72. The molecule has 0 bridgehead atoms. The molecule has 0 radical (unpaired) electrons. The van der Waals surface area contributed by atoms with Crippen molar-refractivity contribution in [2.24, 2.45) is 0 Å². The lowest BCUT2D eigenvalue weighted by molar-refractivity contribution is 0.0686. The van der Waals surface area contributed by atoms with E-state index < -0.39 is 22.8 Å². The van der Waals surface area contributed by atoms with Crippen molar-refractivity contribution in [2.75, 3.05) is 6.61 Å². The second kappa shape index (κ2) is 5.54. The first-order chi connectivity index (χ1) is 9.54. The Bertz CT molecular complexity index is 708. The number of hydrogen-bond acceptors (Lipinski definition) is 5. The Balaban J connectivity index is 2.65. The summed E-state index contributed by atoms with van der Waals surface area (Å²) in [6.07, 6.45) is 1.39. The molecule has 0 unspecified atom stereocenters. The minimum Gasteiger partial charge on any atom is -0.503 e. The van der Waals surface area contributed by atoms with E-state index in [0.717, 1.165) is 10.9 Å². The first-order valence-electron chi connectivity index (χ1n) is 5.80. The van der Waals surface area contributed by atoms with Crippen LogP contribution in [0.1, 0.15) is 16.1 Å². The third kappa shape index (κ3) is 2.52. The zero-order valence-corrected chi connectivity index (χ0v) is 10.4. The highest BCUT2D eigenvalue weighted by molar-refractivity contribution is 5.85. The maximum absolute atomic E-state index is 11.5. The van der Waals surface area contributed by atoms with E-state index in [2.05, 4.69) is 5.10 Å². The molecule has 2 aromatic rings. The molecule has 1 heterocycles. The van der Waals surface area contributed by atoms with E-state index in [0.29, 0.717) is 17.7 Å². The van der Waals surface area contributed by atoms with Gasteiger partial charge < -0.3 is 15.3 Å². The van der Waals surface area contributed by atoms with Crippen LogP contribution >= 0.6 is 0 Å². The third-order valence-corrected chi connectivity index (χ3v) is 2.72. The summed E-state index contributed by atoms with van der Waals surface area (Å²) >= 11 is 0. The van der Waals surface area contributed by atoms with Crippen LogP contribution in [0.2, 0.25) is 0 Å².